The molecular weight excluding hydrogens is 487 g/mol. The number of benzene rings is 6. The Balaban J connectivity index is 1.33. The summed E-state index contributed by atoms with van der Waals surface area (Å²) in [4.78, 5) is 2.32. The number of aromatic nitrogens is 1. The average molecular weight is 510 g/mol. The highest BCUT2D eigenvalue weighted by atomic mass is 16.5. The number of hydrogen-bond donors (Lipinski definition) is 0. The van der Waals surface area contributed by atoms with Gasteiger partial charge >= 0.3 is 0 Å². The van der Waals surface area contributed by atoms with Gasteiger partial charge in [-0.25, -0.2) is 0 Å². The van der Waals surface area contributed by atoms with Gasteiger partial charge in [-0.15, -0.1) is 0 Å². The highest BCUT2D eigenvalue weighted by molar-refractivity contribution is 6.99. The molecule has 0 N–H and O–H groups in total. The topological polar surface area (TPSA) is 17.4 Å². The first-order valence-electron chi connectivity index (χ1n) is 13.7. The largest absolute Gasteiger partial charge is 0.458 e. The molecule has 3 heterocycles. The molecule has 3 nitrogen and oxygen atoms in total. The fourth-order valence-corrected chi connectivity index (χ4v) is 6.81. The van der Waals surface area contributed by atoms with Gasteiger partial charge in [-0.2, -0.15) is 0 Å². The Morgan fingerprint density at radius 3 is 2.00 bits per heavy atom. The summed E-state index contributed by atoms with van der Waals surface area (Å²) in [5.41, 5.74) is 10.8. The molecule has 7 aromatic rings. The van der Waals surface area contributed by atoms with E-state index in [-0.39, 0.29) is 6.71 Å². The third-order valence-electron chi connectivity index (χ3n) is 8.42. The Morgan fingerprint density at radius 2 is 1.20 bits per heavy atom. The summed E-state index contributed by atoms with van der Waals surface area (Å²) < 4.78 is 9.11. The predicted molar refractivity (Wildman–Crippen MR) is 167 cm³/mol. The second-order valence-electron chi connectivity index (χ2n) is 10.5. The van der Waals surface area contributed by atoms with Crippen LogP contribution in [-0.4, -0.2) is 11.3 Å². The third-order valence-corrected chi connectivity index (χ3v) is 8.42. The van der Waals surface area contributed by atoms with Gasteiger partial charge in [0.15, 0.2) is 0 Å². The van der Waals surface area contributed by atoms with Crippen molar-refractivity contribution in [1.29, 1.82) is 0 Å². The van der Waals surface area contributed by atoms with Crippen molar-refractivity contribution in [3.8, 4) is 17.2 Å². The van der Waals surface area contributed by atoms with Gasteiger partial charge in [-0.1, -0.05) is 72.8 Å². The van der Waals surface area contributed by atoms with Gasteiger partial charge in [0.25, 0.3) is 6.71 Å². The molecule has 6 aromatic carbocycles. The van der Waals surface area contributed by atoms with E-state index < -0.39 is 0 Å². The molecule has 9 rings (SSSR count). The van der Waals surface area contributed by atoms with Gasteiger partial charge in [-0.3, -0.25) is 0 Å². The van der Waals surface area contributed by atoms with Crippen molar-refractivity contribution < 1.29 is 4.74 Å². The van der Waals surface area contributed by atoms with Crippen molar-refractivity contribution in [2.75, 3.05) is 4.90 Å². The highest BCUT2D eigenvalue weighted by Crippen LogP contribution is 2.40. The van der Waals surface area contributed by atoms with Crippen LogP contribution in [0.3, 0.4) is 0 Å². The van der Waals surface area contributed by atoms with Gasteiger partial charge < -0.3 is 14.2 Å². The maximum absolute atomic E-state index is 6.67. The number of hydrogen-bond acceptors (Lipinski definition) is 2. The van der Waals surface area contributed by atoms with Crippen molar-refractivity contribution in [3.63, 3.8) is 0 Å². The summed E-state index contributed by atoms with van der Waals surface area (Å²) in [5, 5.41) is 2.54. The Bertz CT molecular complexity index is 2060. The molecule has 4 heteroatoms. The molecule has 2 aliphatic rings. The van der Waals surface area contributed by atoms with Crippen molar-refractivity contribution >= 4 is 62.0 Å². The molecule has 0 saturated carbocycles. The first-order valence-corrected chi connectivity index (χ1v) is 13.7. The quantitative estimate of drug-likeness (QED) is 0.234. The van der Waals surface area contributed by atoms with Crippen LogP contribution < -0.4 is 26.0 Å². The fraction of sp³-hybridized carbons (Fsp3) is 0. The van der Waals surface area contributed by atoms with Crippen LogP contribution in [0.25, 0.3) is 27.5 Å². The lowest BCUT2D eigenvalue weighted by atomic mass is 9.34. The summed E-state index contributed by atoms with van der Waals surface area (Å²) in [5.74, 6) is 1.86. The number of rotatable bonds is 3. The van der Waals surface area contributed by atoms with E-state index in [0.29, 0.717) is 0 Å². The molecule has 0 amide bonds. The second kappa shape index (κ2) is 8.14. The number of nitrogens with zero attached hydrogens (tertiary/aromatic N) is 2. The molecular formula is C36H23BN2O. The first-order chi connectivity index (χ1) is 19.9. The number of ether oxygens (including phenoxy) is 1. The van der Waals surface area contributed by atoms with Crippen molar-refractivity contribution in [1.82, 2.24) is 4.57 Å². The predicted octanol–water partition coefficient (Wildman–Crippen LogP) is 7.19. The van der Waals surface area contributed by atoms with E-state index in [9.17, 15) is 0 Å². The fourth-order valence-electron chi connectivity index (χ4n) is 6.81. The summed E-state index contributed by atoms with van der Waals surface area (Å²) in [7, 11) is 0. The van der Waals surface area contributed by atoms with Gasteiger partial charge in [0, 0.05) is 33.5 Å². The summed E-state index contributed by atoms with van der Waals surface area (Å²) in [6.07, 6.45) is 0. The van der Waals surface area contributed by atoms with Crippen LogP contribution >= 0.6 is 0 Å². The minimum Gasteiger partial charge on any atom is -0.458 e. The van der Waals surface area contributed by atoms with Crippen molar-refractivity contribution in [3.05, 3.63) is 140 Å². The highest BCUT2D eigenvalue weighted by Gasteiger charge is 2.40. The molecule has 0 bridgehead atoms. The molecule has 186 valence electrons. The van der Waals surface area contributed by atoms with Gasteiger partial charge in [0.1, 0.15) is 11.5 Å². The van der Waals surface area contributed by atoms with Crippen LogP contribution in [0.2, 0.25) is 0 Å². The van der Waals surface area contributed by atoms with Crippen LogP contribution in [0.5, 0.6) is 11.5 Å². The third kappa shape index (κ3) is 2.90. The van der Waals surface area contributed by atoms with Crippen molar-refractivity contribution in [2.45, 2.75) is 0 Å². The van der Waals surface area contributed by atoms with E-state index in [2.05, 4.69) is 149 Å². The lowest BCUT2D eigenvalue weighted by Crippen LogP contribution is -2.58. The van der Waals surface area contributed by atoms with Gasteiger partial charge in [-0.05, 0) is 83.1 Å². The normalized spacial score (nSPS) is 12.7. The maximum atomic E-state index is 6.67. The lowest BCUT2D eigenvalue weighted by Gasteiger charge is -2.34. The Labute approximate surface area is 232 Å². The Kier molecular flexibility index (Phi) is 4.41. The molecule has 0 saturated heterocycles. The van der Waals surface area contributed by atoms with E-state index in [0.717, 1.165) is 28.6 Å². The number of para-hydroxylation sites is 4. The smallest absolute Gasteiger partial charge is 0.256 e. The van der Waals surface area contributed by atoms with Crippen LogP contribution in [0.4, 0.5) is 17.1 Å². The van der Waals surface area contributed by atoms with Crippen LogP contribution in [0.15, 0.2) is 140 Å². The van der Waals surface area contributed by atoms with Gasteiger partial charge in [0.2, 0.25) is 0 Å². The molecule has 0 radical (unpaired) electrons. The number of fused-ring (bicyclic) bond motifs is 8. The summed E-state index contributed by atoms with van der Waals surface area (Å²) in [6.45, 7) is 0.0730. The molecule has 0 spiro atoms. The molecule has 0 aliphatic carbocycles. The molecule has 1 aromatic heterocycles. The monoisotopic (exact) mass is 510 g/mol. The average Bonchev–Trinajstić information content (AvgIpc) is 3.36. The molecule has 0 atom stereocenters. The minimum atomic E-state index is 0.0730. The van der Waals surface area contributed by atoms with Crippen LogP contribution in [-0.2, 0) is 0 Å². The Morgan fingerprint density at radius 1 is 0.525 bits per heavy atom. The zero-order valence-electron chi connectivity index (χ0n) is 21.7. The van der Waals surface area contributed by atoms with Crippen LogP contribution in [0.1, 0.15) is 0 Å². The lowest BCUT2D eigenvalue weighted by molar-refractivity contribution is 0.488. The standard InChI is InChI=1S/C36H23BN2O/c1-3-11-24(12-4-1)38(25-13-5-2-6-14-25)26-19-21-33-30(23-26)37-29-16-8-10-18-32(29)39-31-17-9-7-15-27(31)28-20-22-34(40-33)35(37)36(28)39/h1-23H. The molecule has 0 unspecified atom stereocenters. The van der Waals surface area contributed by atoms with E-state index in [1.165, 1.54) is 43.9 Å². The summed E-state index contributed by atoms with van der Waals surface area (Å²) in [6, 6.07) is 49.8. The molecule has 2 aliphatic heterocycles. The van der Waals surface area contributed by atoms with Crippen LogP contribution in [0, 0.1) is 0 Å². The van der Waals surface area contributed by atoms with E-state index >= 15 is 0 Å². The van der Waals surface area contributed by atoms with Gasteiger partial charge in [0.05, 0.1) is 11.0 Å². The molecule has 0 fully saturated rings. The zero-order valence-corrected chi connectivity index (χ0v) is 21.7. The van der Waals surface area contributed by atoms with Crippen molar-refractivity contribution in [2.24, 2.45) is 0 Å². The Hall–Kier alpha value is -5.22. The minimum absolute atomic E-state index is 0.0730. The van der Waals surface area contributed by atoms with E-state index in [4.69, 9.17) is 4.74 Å². The zero-order chi connectivity index (χ0) is 26.2. The molecule has 40 heavy (non-hydrogen) atoms. The second-order valence-corrected chi connectivity index (χ2v) is 10.5. The number of anilines is 3. The maximum Gasteiger partial charge on any atom is 0.256 e. The van der Waals surface area contributed by atoms with E-state index in [1.807, 2.05) is 0 Å². The summed E-state index contributed by atoms with van der Waals surface area (Å²) >= 11 is 0. The SMILES string of the molecule is c1ccc(N(c2ccccc2)c2ccc3c(c2)B2c4ccccc4-n4c5ccccc5c5ccc(c2c54)O3)cc1. The first kappa shape index (κ1) is 21.7. The van der Waals surface area contributed by atoms with E-state index in [1.54, 1.807) is 0 Å².